The molecule has 0 aliphatic rings. The van der Waals surface area contributed by atoms with Gasteiger partial charge in [0.05, 0.1) is 0 Å². The molecule has 0 unspecified atom stereocenters. The smallest absolute Gasteiger partial charge is 0.326 e. The third kappa shape index (κ3) is 7.06. The number of carbonyl (C=O) groups is 3. The lowest BCUT2D eigenvalue weighted by Crippen LogP contribution is -2.57. The van der Waals surface area contributed by atoms with Crippen molar-refractivity contribution in [1.29, 1.82) is 0 Å². The van der Waals surface area contributed by atoms with E-state index in [0.29, 0.717) is 17.9 Å². The second-order valence-corrected chi connectivity index (χ2v) is 10.4. The Morgan fingerprint density at radius 1 is 0.865 bits per heavy atom. The van der Waals surface area contributed by atoms with Crippen LogP contribution in [0.4, 0.5) is 0 Å². The fourth-order valence-corrected chi connectivity index (χ4v) is 4.67. The number of benzene rings is 3. The van der Waals surface area contributed by atoms with E-state index < -0.39 is 29.4 Å². The number of rotatable bonds is 11. The Morgan fingerprint density at radius 3 is 1.89 bits per heavy atom. The van der Waals surface area contributed by atoms with Crippen LogP contribution in [0.3, 0.4) is 0 Å². The molecule has 3 aromatic rings. The number of hydrogen-bond acceptors (Lipinski definition) is 3. The molecule has 0 saturated carbocycles. The summed E-state index contributed by atoms with van der Waals surface area (Å²) in [4.78, 5) is 39.1. The van der Waals surface area contributed by atoms with Gasteiger partial charge in [0.2, 0.25) is 5.91 Å². The fourth-order valence-electron chi connectivity index (χ4n) is 4.67. The molecular weight excluding hydrogens is 464 g/mol. The van der Waals surface area contributed by atoms with E-state index in [4.69, 9.17) is 5.73 Å². The Morgan fingerprint density at radius 2 is 1.41 bits per heavy atom. The van der Waals surface area contributed by atoms with Crippen molar-refractivity contribution >= 4 is 17.8 Å². The minimum Gasteiger partial charge on any atom is -0.480 e. The van der Waals surface area contributed by atoms with Crippen LogP contribution in [0.2, 0.25) is 0 Å². The van der Waals surface area contributed by atoms with Crippen LogP contribution in [0.15, 0.2) is 78.9 Å². The van der Waals surface area contributed by atoms with Crippen LogP contribution in [0.1, 0.15) is 67.9 Å². The van der Waals surface area contributed by atoms with Crippen molar-refractivity contribution in [2.45, 2.75) is 64.5 Å². The van der Waals surface area contributed by atoms with Gasteiger partial charge >= 0.3 is 5.97 Å². The number of carboxylic acids is 1. The van der Waals surface area contributed by atoms with E-state index in [-0.39, 0.29) is 12.8 Å². The SMILES string of the molecule is CC(C)c1ccc(-c2ccc(C(=O)N([C@@H](CCC(N)=O)C(=O)O)C(C)(C)Cc3ccccc3)cc2)cc1. The van der Waals surface area contributed by atoms with Gasteiger partial charge in [-0.15, -0.1) is 0 Å². The molecule has 6 nitrogen and oxygen atoms in total. The Hall–Kier alpha value is -3.93. The Bertz CT molecular complexity index is 1220. The number of primary amides is 1. The summed E-state index contributed by atoms with van der Waals surface area (Å²) in [5.41, 5.74) is 9.08. The van der Waals surface area contributed by atoms with Gasteiger partial charge < -0.3 is 15.7 Å². The quantitative estimate of drug-likeness (QED) is 0.355. The highest BCUT2D eigenvalue weighted by Crippen LogP contribution is 2.29. The number of hydrogen-bond donors (Lipinski definition) is 2. The molecule has 0 aliphatic carbocycles. The molecule has 0 heterocycles. The van der Waals surface area contributed by atoms with E-state index in [0.717, 1.165) is 16.7 Å². The van der Waals surface area contributed by atoms with Crippen LogP contribution >= 0.6 is 0 Å². The highest BCUT2D eigenvalue weighted by molar-refractivity contribution is 5.97. The molecule has 0 aliphatic heterocycles. The molecule has 0 saturated heterocycles. The molecule has 3 N–H and O–H groups in total. The first-order valence-corrected chi connectivity index (χ1v) is 12.6. The van der Waals surface area contributed by atoms with E-state index in [1.165, 1.54) is 10.5 Å². The molecule has 0 radical (unpaired) electrons. The third-order valence-corrected chi connectivity index (χ3v) is 6.65. The van der Waals surface area contributed by atoms with E-state index in [1.54, 1.807) is 12.1 Å². The van der Waals surface area contributed by atoms with Crippen molar-refractivity contribution in [2.24, 2.45) is 5.73 Å². The summed E-state index contributed by atoms with van der Waals surface area (Å²) in [6, 6.07) is 23.9. The van der Waals surface area contributed by atoms with E-state index in [2.05, 4.69) is 38.1 Å². The standard InChI is InChI=1S/C31H36N2O4/c1-21(2)23-10-12-24(13-11-23)25-14-16-26(17-15-25)29(35)33(27(30(36)37)18-19-28(32)34)31(3,4)20-22-8-6-5-7-9-22/h5-17,21,27H,18-20H2,1-4H3,(H2,32,34)(H,36,37)/t27-/m0/s1. The molecule has 2 amide bonds. The van der Waals surface area contributed by atoms with Crippen molar-refractivity contribution in [3.63, 3.8) is 0 Å². The number of amides is 2. The molecule has 1 atom stereocenters. The van der Waals surface area contributed by atoms with Crippen LogP contribution in [0.5, 0.6) is 0 Å². The first-order valence-electron chi connectivity index (χ1n) is 12.6. The van der Waals surface area contributed by atoms with Gasteiger partial charge in [-0.3, -0.25) is 9.59 Å². The largest absolute Gasteiger partial charge is 0.480 e. The van der Waals surface area contributed by atoms with Gasteiger partial charge in [-0.05, 0) is 67.0 Å². The number of nitrogens with two attached hydrogens (primary N) is 1. The zero-order chi connectivity index (χ0) is 27.2. The minimum absolute atomic E-state index is 0.0606. The first kappa shape index (κ1) is 27.7. The van der Waals surface area contributed by atoms with Gasteiger partial charge in [0.1, 0.15) is 6.04 Å². The summed E-state index contributed by atoms with van der Waals surface area (Å²) in [5.74, 6) is -1.74. The molecule has 6 heteroatoms. The molecule has 0 spiro atoms. The van der Waals surface area contributed by atoms with Gasteiger partial charge in [-0.1, -0.05) is 80.6 Å². The molecule has 0 fully saturated rings. The number of aliphatic carboxylic acids is 1. The van der Waals surface area contributed by atoms with E-state index >= 15 is 0 Å². The Kier molecular flexibility index (Phi) is 8.87. The lowest BCUT2D eigenvalue weighted by atomic mass is 9.89. The van der Waals surface area contributed by atoms with Crippen molar-refractivity contribution in [2.75, 3.05) is 0 Å². The van der Waals surface area contributed by atoms with Crippen molar-refractivity contribution in [3.05, 3.63) is 95.6 Å². The predicted molar refractivity (Wildman–Crippen MR) is 146 cm³/mol. The maximum absolute atomic E-state index is 13.9. The number of nitrogens with zero attached hydrogens (tertiary/aromatic N) is 1. The highest BCUT2D eigenvalue weighted by atomic mass is 16.4. The van der Waals surface area contributed by atoms with E-state index in [9.17, 15) is 19.5 Å². The van der Waals surface area contributed by atoms with Crippen LogP contribution in [-0.4, -0.2) is 39.4 Å². The summed E-state index contributed by atoms with van der Waals surface area (Å²) in [6.45, 7) is 7.99. The molecule has 194 valence electrons. The first-order chi connectivity index (χ1) is 17.5. The van der Waals surface area contributed by atoms with Crippen molar-refractivity contribution in [3.8, 4) is 11.1 Å². The maximum Gasteiger partial charge on any atom is 0.326 e. The lowest BCUT2D eigenvalue weighted by molar-refractivity contribution is -0.144. The summed E-state index contributed by atoms with van der Waals surface area (Å²) in [5, 5.41) is 10.1. The van der Waals surface area contributed by atoms with Crippen LogP contribution in [0.25, 0.3) is 11.1 Å². The zero-order valence-electron chi connectivity index (χ0n) is 22.0. The fraction of sp³-hybridized carbons (Fsp3) is 0.323. The average molecular weight is 501 g/mol. The maximum atomic E-state index is 13.9. The number of carbonyl (C=O) groups excluding carboxylic acids is 2. The monoisotopic (exact) mass is 500 g/mol. The third-order valence-electron chi connectivity index (χ3n) is 6.65. The predicted octanol–water partition coefficient (Wildman–Crippen LogP) is 5.66. The molecular formula is C31H36N2O4. The van der Waals surface area contributed by atoms with Crippen molar-refractivity contribution in [1.82, 2.24) is 4.90 Å². The average Bonchev–Trinajstić information content (AvgIpc) is 2.86. The Labute approximate surface area is 219 Å². The van der Waals surface area contributed by atoms with Crippen LogP contribution < -0.4 is 5.73 Å². The second-order valence-electron chi connectivity index (χ2n) is 10.4. The minimum atomic E-state index is -1.21. The topological polar surface area (TPSA) is 101 Å². The van der Waals surface area contributed by atoms with Gasteiger partial charge in [-0.25, -0.2) is 4.79 Å². The van der Waals surface area contributed by atoms with Gasteiger partial charge in [0, 0.05) is 17.5 Å². The second kappa shape index (κ2) is 11.9. The normalized spacial score (nSPS) is 12.2. The molecule has 3 rings (SSSR count). The summed E-state index contributed by atoms with van der Waals surface area (Å²) < 4.78 is 0. The van der Waals surface area contributed by atoms with Gasteiger partial charge in [-0.2, -0.15) is 0 Å². The molecule has 3 aromatic carbocycles. The molecule has 0 aromatic heterocycles. The van der Waals surface area contributed by atoms with Crippen LogP contribution in [0, 0.1) is 0 Å². The summed E-state index contributed by atoms with van der Waals surface area (Å²) in [6.07, 6.45) is 0.253. The van der Waals surface area contributed by atoms with E-state index in [1.807, 2.05) is 56.3 Å². The zero-order valence-corrected chi connectivity index (χ0v) is 22.0. The summed E-state index contributed by atoms with van der Waals surface area (Å²) in [7, 11) is 0. The van der Waals surface area contributed by atoms with Gasteiger partial charge in [0.25, 0.3) is 5.91 Å². The summed E-state index contributed by atoms with van der Waals surface area (Å²) >= 11 is 0. The van der Waals surface area contributed by atoms with Crippen LogP contribution in [-0.2, 0) is 16.0 Å². The molecule has 37 heavy (non-hydrogen) atoms. The molecule has 0 bridgehead atoms. The van der Waals surface area contributed by atoms with Crippen molar-refractivity contribution < 1.29 is 19.5 Å². The lowest BCUT2D eigenvalue weighted by Gasteiger charge is -2.42. The number of carboxylic acid groups (broad SMARTS) is 1. The highest BCUT2D eigenvalue weighted by Gasteiger charge is 2.40. The Balaban J connectivity index is 1.96. The van der Waals surface area contributed by atoms with Gasteiger partial charge in [0.15, 0.2) is 0 Å².